The monoisotopic (exact) mass is 215 g/mol. The molecule has 4 nitrogen and oxygen atoms in total. The van der Waals surface area contributed by atoms with Crippen molar-refractivity contribution < 1.29 is 17.0 Å². The van der Waals surface area contributed by atoms with Crippen molar-refractivity contribution >= 4 is 10.1 Å². The first kappa shape index (κ1) is 10.5. The van der Waals surface area contributed by atoms with Gasteiger partial charge in [-0.1, -0.05) is 12.1 Å². The van der Waals surface area contributed by atoms with E-state index in [1.54, 1.807) is 0 Å². The molecule has 0 bridgehead atoms. The summed E-state index contributed by atoms with van der Waals surface area (Å²) in [7, 11) is -3.88. The average Bonchev–Trinajstić information content (AvgIpc) is 2.08. The zero-order chi connectivity index (χ0) is 10.6. The standard InChI is InChI=1S/C8H6FNO3S/c9-8-3-1-7(2-4-8)5-14(11,12)13-6-10/h1-4H,5H2. The van der Waals surface area contributed by atoms with E-state index in [1.165, 1.54) is 12.1 Å². The van der Waals surface area contributed by atoms with Crippen LogP contribution in [0.5, 0.6) is 0 Å². The summed E-state index contributed by atoms with van der Waals surface area (Å²) in [5, 5.41) is 8.01. The van der Waals surface area contributed by atoms with E-state index in [-0.39, 0.29) is 0 Å². The van der Waals surface area contributed by atoms with Crippen LogP contribution in [-0.2, 0) is 20.1 Å². The quantitative estimate of drug-likeness (QED) is 0.560. The maximum atomic E-state index is 12.4. The molecule has 0 unspecified atom stereocenters. The average molecular weight is 215 g/mol. The van der Waals surface area contributed by atoms with Gasteiger partial charge in [0.05, 0.1) is 0 Å². The van der Waals surface area contributed by atoms with Crippen molar-refractivity contribution in [3.63, 3.8) is 0 Å². The smallest absolute Gasteiger partial charge is 0.302 e. The summed E-state index contributed by atoms with van der Waals surface area (Å²) in [6.45, 7) is 0. The molecule has 0 heterocycles. The lowest BCUT2D eigenvalue weighted by Crippen LogP contribution is -2.05. The van der Waals surface area contributed by atoms with Gasteiger partial charge in [0.1, 0.15) is 11.6 Å². The molecule has 1 aromatic carbocycles. The second-order valence-electron chi connectivity index (χ2n) is 2.50. The van der Waals surface area contributed by atoms with Gasteiger partial charge in [-0.3, -0.25) is 0 Å². The highest BCUT2D eigenvalue weighted by atomic mass is 32.2. The Hall–Kier alpha value is -1.61. The summed E-state index contributed by atoms with van der Waals surface area (Å²) in [4.78, 5) is 0. The fourth-order valence-electron chi connectivity index (χ4n) is 0.871. The van der Waals surface area contributed by atoms with Crippen molar-refractivity contribution in [3.05, 3.63) is 35.6 Å². The number of nitrogens with zero attached hydrogens (tertiary/aromatic N) is 1. The molecule has 0 atom stereocenters. The maximum absolute atomic E-state index is 12.4. The molecule has 0 saturated carbocycles. The molecular formula is C8H6FNO3S. The van der Waals surface area contributed by atoms with E-state index in [2.05, 4.69) is 4.18 Å². The molecule has 0 fully saturated rings. The molecule has 0 radical (unpaired) electrons. The third-order valence-corrected chi connectivity index (χ3v) is 2.44. The van der Waals surface area contributed by atoms with E-state index >= 15 is 0 Å². The zero-order valence-electron chi connectivity index (χ0n) is 6.97. The van der Waals surface area contributed by atoms with Crippen LogP contribution in [0.3, 0.4) is 0 Å². The van der Waals surface area contributed by atoms with E-state index < -0.39 is 21.7 Å². The van der Waals surface area contributed by atoms with Crippen molar-refractivity contribution in [2.24, 2.45) is 0 Å². The minimum atomic E-state index is -3.88. The lowest BCUT2D eigenvalue weighted by molar-refractivity contribution is 0.458. The Balaban J connectivity index is 2.80. The second-order valence-corrected chi connectivity index (χ2v) is 4.07. The Kier molecular flexibility index (Phi) is 3.04. The van der Waals surface area contributed by atoms with Crippen LogP contribution in [0, 0.1) is 17.3 Å². The van der Waals surface area contributed by atoms with Crippen molar-refractivity contribution in [3.8, 4) is 6.26 Å². The number of benzene rings is 1. The first-order valence-electron chi connectivity index (χ1n) is 3.58. The molecule has 0 N–H and O–H groups in total. The van der Waals surface area contributed by atoms with E-state index in [4.69, 9.17) is 5.26 Å². The van der Waals surface area contributed by atoms with Crippen LogP contribution in [0.1, 0.15) is 5.56 Å². The summed E-state index contributed by atoms with van der Waals surface area (Å²) in [5.74, 6) is -0.895. The normalized spacial score (nSPS) is 10.6. The van der Waals surface area contributed by atoms with Crippen LogP contribution in [0.4, 0.5) is 4.39 Å². The SMILES string of the molecule is N#COS(=O)(=O)Cc1ccc(F)cc1. The highest BCUT2D eigenvalue weighted by Gasteiger charge is 2.12. The molecule has 1 rings (SSSR count). The predicted octanol–water partition coefficient (Wildman–Crippen LogP) is 1.15. The third-order valence-electron chi connectivity index (χ3n) is 1.42. The molecule has 0 saturated heterocycles. The van der Waals surface area contributed by atoms with Crippen LogP contribution in [-0.4, -0.2) is 8.42 Å². The third kappa shape index (κ3) is 3.03. The minimum absolute atomic E-state index is 0.363. The Labute approximate surface area is 80.7 Å². The lowest BCUT2D eigenvalue weighted by Gasteiger charge is -1.99. The largest absolute Gasteiger partial charge is 0.323 e. The maximum Gasteiger partial charge on any atom is 0.323 e. The van der Waals surface area contributed by atoms with E-state index in [9.17, 15) is 12.8 Å². The molecule has 74 valence electrons. The fraction of sp³-hybridized carbons (Fsp3) is 0.125. The zero-order valence-corrected chi connectivity index (χ0v) is 7.79. The topological polar surface area (TPSA) is 67.2 Å². The minimum Gasteiger partial charge on any atom is -0.302 e. The number of hydrogen-bond acceptors (Lipinski definition) is 4. The highest BCUT2D eigenvalue weighted by Crippen LogP contribution is 2.08. The Morgan fingerprint density at radius 1 is 1.36 bits per heavy atom. The van der Waals surface area contributed by atoms with Gasteiger partial charge >= 0.3 is 16.4 Å². The molecule has 0 aromatic heterocycles. The number of hydrogen-bond donors (Lipinski definition) is 0. The molecule has 0 aliphatic rings. The fourth-order valence-corrected chi connectivity index (χ4v) is 1.64. The predicted molar refractivity (Wildman–Crippen MR) is 45.7 cm³/mol. The van der Waals surface area contributed by atoms with Crippen LogP contribution < -0.4 is 0 Å². The van der Waals surface area contributed by atoms with Crippen molar-refractivity contribution in [1.29, 1.82) is 5.26 Å². The molecular weight excluding hydrogens is 209 g/mol. The van der Waals surface area contributed by atoms with E-state index in [0.717, 1.165) is 18.4 Å². The first-order chi connectivity index (χ1) is 6.53. The summed E-state index contributed by atoms with van der Waals surface area (Å²) in [6, 6.07) is 4.90. The van der Waals surface area contributed by atoms with Gasteiger partial charge in [0.2, 0.25) is 0 Å². The Morgan fingerprint density at radius 2 is 1.93 bits per heavy atom. The summed E-state index contributed by atoms with van der Waals surface area (Å²) in [6.07, 6.45) is 1.08. The van der Waals surface area contributed by atoms with Gasteiger partial charge in [-0.15, -0.1) is 5.26 Å². The van der Waals surface area contributed by atoms with Crippen LogP contribution >= 0.6 is 0 Å². The molecule has 14 heavy (non-hydrogen) atoms. The van der Waals surface area contributed by atoms with Gasteiger partial charge in [-0.05, 0) is 17.7 Å². The van der Waals surface area contributed by atoms with Crippen molar-refractivity contribution in [1.82, 2.24) is 0 Å². The van der Waals surface area contributed by atoms with Gasteiger partial charge in [0.25, 0.3) is 0 Å². The molecule has 0 amide bonds. The van der Waals surface area contributed by atoms with Crippen LogP contribution in [0.2, 0.25) is 0 Å². The number of rotatable bonds is 3. The second kappa shape index (κ2) is 4.07. The van der Waals surface area contributed by atoms with Crippen molar-refractivity contribution in [2.45, 2.75) is 5.75 Å². The van der Waals surface area contributed by atoms with E-state index in [0.29, 0.717) is 5.56 Å². The summed E-state index contributed by atoms with van der Waals surface area (Å²) < 4.78 is 38.2. The van der Waals surface area contributed by atoms with E-state index in [1.807, 2.05) is 0 Å². The Bertz CT molecular complexity index is 446. The van der Waals surface area contributed by atoms with Gasteiger partial charge in [-0.2, -0.15) is 8.42 Å². The molecule has 0 aliphatic heterocycles. The molecule has 0 aliphatic carbocycles. The number of nitriles is 1. The summed E-state index contributed by atoms with van der Waals surface area (Å²) in [5.41, 5.74) is 0.363. The number of halogens is 1. The molecule has 0 spiro atoms. The van der Waals surface area contributed by atoms with Crippen LogP contribution in [0.25, 0.3) is 0 Å². The van der Waals surface area contributed by atoms with Crippen molar-refractivity contribution in [2.75, 3.05) is 0 Å². The van der Waals surface area contributed by atoms with Gasteiger partial charge in [0.15, 0.2) is 0 Å². The Morgan fingerprint density at radius 3 is 2.43 bits per heavy atom. The van der Waals surface area contributed by atoms with Gasteiger partial charge in [0, 0.05) is 0 Å². The van der Waals surface area contributed by atoms with Crippen LogP contribution in [0.15, 0.2) is 24.3 Å². The molecule has 1 aromatic rings. The lowest BCUT2D eigenvalue weighted by atomic mass is 10.2. The first-order valence-corrected chi connectivity index (χ1v) is 5.16. The van der Waals surface area contributed by atoms with Gasteiger partial charge < -0.3 is 4.18 Å². The molecule has 6 heteroatoms. The van der Waals surface area contributed by atoms with Gasteiger partial charge in [-0.25, -0.2) is 4.39 Å². The highest BCUT2D eigenvalue weighted by molar-refractivity contribution is 7.86. The summed E-state index contributed by atoms with van der Waals surface area (Å²) >= 11 is 0.